The smallest absolute Gasteiger partial charge is 0.136 e. The first-order chi connectivity index (χ1) is 9.15. The van der Waals surface area contributed by atoms with E-state index in [0.29, 0.717) is 11.7 Å². The molecule has 0 bridgehead atoms. The van der Waals surface area contributed by atoms with Crippen molar-refractivity contribution >= 4 is 5.78 Å². The number of ether oxygens (including phenoxy) is 1. The zero-order valence-electron chi connectivity index (χ0n) is 12.0. The second kappa shape index (κ2) is 6.74. The summed E-state index contributed by atoms with van der Waals surface area (Å²) < 4.78 is 5.74. The van der Waals surface area contributed by atoms with Crippen LogP contribution < -0.4 is 4.74 Å². The zero-order valence-corrected chi connectivity index (χ0v) is 12.0. The average molecular weight is 260 g/mol. The SMILES string of the molecule is CC(C)COc1cccc(CC2CCCCC2=O)c1. The van der Waals surface area contributed by atoms with Gasteiger partial charge in [0.25, 0.3) is 0 Å². The van der Waals surface area contributed by atoms with Crippen LogP contribution >= 0.6 is 0 Å². The van der Waals surface area contributed by atoms with Gasteiger partial charge in [-0.25, -0.2) is 0 Å². The summed E-state index contributed by atoms with van der Waals surface area (Å²) in [7, 11) is 0. The van der Waals surface area contributed by atoms with Crippen LogP contribution in [-0.2, 0) is 11.2 Å². The zero-order chi connectivity index (χ0) is 13.7. The van der Waals surface area contributed by atoms with Crippen LogP contribution in [0.4, 0.5) is 0 Å². The number of carbonyl (C=O) groups excluding carboxylic acids is 1. The molecule has 1 fully saturated rings. The van der Waals surface area contributed by atoms with Crippen molar-refractivity contribution in [2.45, 2.75) is 46.0 Å². The van der Waals surface area contributed by atoms with E-state index < -0.39 is 0 Å². The fourth-order valence-electron chi connectivity index (χ4n) is 2.58. The van der Waals surface area contributed by atoms with Gasteiger partial charge in [-0.05, 0) is 42.9 Å². The summed E-state index contributed by atoms with van der Waals surface area (Å²) in [6.45, 7) is 5.03. The molecular formula is C17H24O2. The molecule has 1 aliphatic carbocycles. The third-order valence-electron chi connectivity index (χ3n) is 3.64. The predicted molar refractivity (Wildman–Crippen MR) is 77.4 cm³/mol. The molecule has 0 aromatic heterocycles. The standard InChI is InChI=1S/C17H24O2/c1-13(2)12-19-16-8-5-6-14(11-16)10-15-7-3-4-9-17(15)18/h5-6,8,11,13,15H,3-4,7,9-10,12H2,1-2H3. The molecule has 19 heavy (non-hydrogen) atoms. The summed E-state index contributed by atoms with van der Waals surface area (Å²) >= 11 is 0. The normalized spacial score (nSPS) is 19.7. The minimum atomic E-state index is 0.231. The van der Waals surface area contributed by atoms with Crippen LogP contribution in [0.2, 0.25) is 0 Å². The van der Waals surface area contributed by atoms with Crippen molar-refractivity contribution in [2.75, 3.05) is 6.61 Å². The van der Waals surface area contributed by atoms with E-state index >= 15 is 0 Å². The van der Waals surface area contributed by atoms with Gasteiger partial charge in [0.15, 0.2) is 0 Å². The molecule has 2 nitrogen and oxygen atoms in total. The Bertz CT molecular complexity index is 423. The fourth-order valence-corrected chi connectivity index (χ4v) is 2.58. The number of carbonyl (C=O) groups is 1. The van der Waals surface area contributed by atoms with E-state index in [9.17, 15) is 4.79 Å². The number of hydrogen-bond donors (Lipinski definition) is 0. The second-order valence-corrected chi connectivity index (χ2v) is 5.97. The largest absolute Gasteiger partial charge is 0.493 e. The molecule has 1 aromatic rings. The third kappa shape index (κ3) is 4.38. The minimum absolute atomic E-state index is 0.231. The first-order valence-corrected chi connectivity index (χ1v) is 7.39. The highest BCUT2D eigenvalue weighted by molar-refractivity contribution is 5.81. The first-order valence-electron chi connectivity index (χ1n) is 7.39. The van der Waals surface area contributed by atoms with Gasteiger partial charge in [0.1, 0.15) is 11.5 Å². The maximum atomic E-state index is 11.9. The summed E-state index contributed by atoms with van der Waals surface area (Å²) in [6.07, 6.45) is 4.97. The molecule has 2 rings (SSSR count). The molecule has 0 spiro atoms. The van der Waals surface area contributed by atoms with Crippen LogP contribution in [0.1, 0.15) is 45.1 Å². The van der Waals surface area contributed by atoms with Crippen molar-refractivity contribution in [3.05, 3.63) is 29.8 Å². The van der Waals surface area contributed by atoms with Gasteiger partial charge in [0, 0.05) is 12.3 Å². The molecule has 1 atom stereocenters. The predicted octanol–water partition coefficient (Wildman–Crippen LogP) is 4.02. The molecule has 0 amide bonds. The van der Waals surface area contributed by atoms with Crippen LogP contribution in [0, 0.1) is 11.8 Å². The molecule has 0 heterocycles. The maximum absolute atomic E-state index is 11.9. The van der Waals surface area contributed by atoms with E-state index in [4.69, 9.17) is 4.74 Å². The van der Waals surface area contributed by atoms with Gasteiger partial charge in [0.05, 0.1) is 6.61 Å². The number of hydrogen-bond acceptors (Lipinski definition) is 2. The average Bonchev–Trinajstić information content (AvgIpc) is 2.40. The lowest BCUT2D eigenvalue weighted by molar-refractivity contribution is -0.124. The molecule has 0 N–H and O–H groups in total. The van der Waals surface area contributed by atoms with Crippen molar-refractivity contribution < 1.29 is 9.53 Å². The molecule has 0 saturated heterocycles. The number of ketones is 1. The van der Waals surface area contributed by atoms with E-state index in [1.165, 1.54) is 12.0 Å². The molecule has 1 unspecified atom stereocenters. The quantitative estimate of drug-likeness (QED) is 0.799. The van der Waals surface area contributed by atoms with Crippen molar-refractivity contribution in [3.8, 4) is 5.75 Å². The van der Waals surface area contributed by atoms with Crippen LogP contribution in [0.5, 0.6) is 5.75 Å². The van der Waals surface area contributed by atoms with E-state index in [1.54, 1.807) is 0 Å². The van der Waals surface area contributed by atoms with Gasteiger partial charge in [-0.1, -0.05) is 32.4 Å². The number of rotatable bonds is 5. The Kier molecular flexibility index (Phi) is 5.00. The lowest BCUT2D eigenvalue weighted by atomic mass is 9.84. The van der Waals surface area contributed by atoms with Crippen LogP contribution in [0.25, 0.3) is 0 Å². The molecule has 104 valence electrons. The molecule has 0 radical (unpaired) electrons. The van der Waals surface area contributed by atoms with Gasteiger partial charge < -0.3 is 4.74 Å². The number of benzene rings is 1. The van der Waals surface area contributed by atoms with Crippen LogP contribution in [0.3, 0.4) is 0 Å². The Balaban J connectivity index is 1.96. The van der Waals surface area contributed by atoms with Gasteiger partial charge in [-0.2, -0.15) is 0 Å². The topological polar surface area (TPSA) is 26.3 Å². The second-order valence-electron chi connectivity index (χ2n) is 5.97. The summed E-state index contributed by atoms with van der Waals surface area (Å²) in [4.78, 5) is 11.9. The van der Waals surface area contributed by atoms with E-state index in [1.807, 2.05) is 12.1 Å². The lowest BCUT2D eigenvalue weighted by Crippen LogP contribution is -2.21. The minimum Gasteiger partial charge on any atom is -0.493 e. The van der Waals surface area contributed by atoms with Gasteiger partial charge in [-0.3, -0.25) is 4.79 Å². The Morgan fingerprint density at radius 2 is 2.16 bits per heavy atom. The molecule has 0 aliphatic heterocycles. The molecule has 2 heteroatoms. The van der Waals surface area contributed by atoms with Crippen molar-refractivity contribution in [3.63, 3.8) is 0 Å². The maximum Gasteiger partial charge on any atom is 0.136 e. The monoisotopic (exact) mass is 260 g/mol. The van der Waals surface area contributed by atoms with Crippen molar-refractivity contribution in [1.29, 1.82) is 0 Å². The molecular weight excluding hydrogens is 236 g/mol. The highest BCUT2D eigenvalue weighted by Gasteiger charge is 2.22. The summed E-state index contributed by atoms with van der Waals surface area (Å²) in [5.74, 6) is 2.13. The highest BCUT2D eigenvalue weighted by atomic mass is 16.5. The van der Waals surface area contributed by atoms with Crippen molar-refractivity contribution in [1.82, 2.24) is 0 Å². The summed E-state index contributed by atoms with van der Waals surface area (Å²) in [5.41, 5.74) is 1.22. The van der Waals surface area contributed by atoms with E-state index in [2.05, 4.69) is 26.0 Å². The summed E-state index contributed by atoms with van der Waals surface area (Å²) in [6, 6.07) is 8.21. The first kappa shape index (κ1) is 14.1. The van der Waals surface area contributed by atoms with E-state index in [0.717, 1.165) is 38.0 Å². The van der Waals surface area contributed by atoms with Gasteiger partial charge >= 0.3 is 0 Å². The van der Waals surface area contributed by atoms with Gasteiger partial charge in [0.2, 0.25) is 0 Å². The van der Waals surface area contributed by atoms with Gasteiger partial charge in [-0.15, -0.1) is 0 Å². The fraction of sp³-hybridized carbons (Fsp3) is 0.588. The van der Waals surface area contributed by atoms with E-state index in [-0.39, 0.29) is 5.92 Å². The Labute approximate surface area is 116 Å². The number of Topliss-reactive ketones (excluding diaryl/α,β-unsaturated/α-hetero) is 1. The molecule has 1 saturated carbocycles. The van der Waals surface area contributed by atoms with Crippen LogP contribution in [0.15, 0.2) is 24.3 Å². The highest BCUT2D eigenvalue weighted by Crippen LogP contribution is 2.25. The molecule has 1 aliphatic rings. The Hall–Kier alpha value is -1.31. The summed E-state index contributed by atoms with van der Waals surface area (Å²) in [5, 5.41) is 0. The lowest BCUT2D eigenvalue weighted by Gasteiger charge is -2.20. The molecule has 1 aromatic carbocycles. The third-order valence-corrected chi connectivity index (χ3v) is 3.64. The van der Waals surface area contributed by atoms with Crippen LogP contribution in [-0.4, -0.2) is 12.4 Å². The Morgan fingerprint density at radius 1 is 1.32 bits per heavy atom. The Morgan fingerprint density at radius 3 is 2.89 bits per heavy atom. The van der Waals surface area contributed by atoms with Crippen molar-refractivity contribution in [2.24, 2.45) is 11.8 Å².